The molecule has 2 aromatic rings. The Morgan fingerprint density at radius 1 is 1.13 bits per heavy atom. The van der Waals surface area contributed by atoms with Crippen molar-refractivity contribution in [3.63, 3.8) is 0 Å². The molecule has 1 aliphatic rings. The van der Waals surface area contributed by atoms with Gasteiger partial charge in [-0.15, -0.1) is 0 Å². The topological polar surface area (TPSA) is 87.7 Å². The van der Waals surface area contributed by atoms with Crippen molar-refractivity contribution in [2.24, 2.45) is 0 Å². The van der Waals surface area contributed by atoms with Gasteiger partial charge in [-0.25, -0.2) is 0 Å². The predicted octanol–water partition coefficient (Wildman–Crippen LogP) is 1.74. The van der Waals surface area contributed by atoms with Crippen molar-refractivity contribution in [1.82, 2.24) is 25.1 Å². The lowest BCUT2D eigenvalue weighted by Gasteiger charge is -2.33. The molecular weight excluding hydrogens is 382 g/mol. The third-order valence-electron chi connectivity index (χ3n) is 5.30. The summed E-state index contributed by atoms with van der Waals surface area (Å²) < 4.78 is 5.90. The lowest BCUT2D eigenvalue weighted by Crippen LogP contribution is -2.45. The summed E-state index contributed by atoms with van der Waals surface area (Å²) in [4.78, 5) is 36.8. The largest absolute Gasteiger partial charge is 0.369 e. The van der Waals surface area contributed by atoms with Gasteiger partial charge in [0.2, 0.25) is 5.91 Å². The molecule has 0 aliphatic carbocycles. The molecule has 0 aromatic carbocycles. The maximum atomic E-state index is 12.4. The predicted molar refractivity (Wildman–Crippen MR) is 114 cm³/mol. The zero-order valence-electron chi connectivity index (χ0n) is 17.8. The van der Waals surface area contributed by atoms with Gasteiger partial charge in [0.1, 0.15) is 11.8 Å². The number of carbonyl (C=O) groups excluding carboxylic acids is 2. The Balaban J connectivity index is 1.64. The van der Waals surface area contributed by atoms with Crippen molar-refractivity contribution in [2.75, 3.05) is 46.4 Å². The van der Waals surface area contributed by atoms with Gasteiger partial charge in [-0.3, -0.25) is 24.5 Å². The number of ether oxygens (including phenoxy) is 1. The van der Waals surface area contributed by atoms with E-state index < -0.39 is 0 Å². The number of hydrogen-bond acceptors (Lipinski definition) is 6. The summed E-state index contributed by atoms with van der Waals surface area (Å²) in [6.07, 6.45) is 3.29. The van der Waals surface area contributed by atoms with Crippen LogP contribution in [0.15, 0.2) is 36.7 Å². The molecule has 1 fully saturated rings. The second-order valence-corrected chi connectivity index (χ2v) is 7.14. The van der Waals surface area contributed by atoms with E-state index in [1.807, 2.05) is 36.9 Å². The standard InChI is InChI=1S/C22H29N5O3/c1-4-27(5-2)21(28)15-26-10-11-30-20(14-26)18-8-6-16(12-24-18)17-7-9-19(25-13-17)22(29)23-3/h6-9,12-13,20H,4-5,10-11,14-15H2,1-3H3,(H,23,29)/t20-/m1/s1. The van der Waals surface area contributed by atoms with Gasteiger partial charge < -0.3 is 15.0 Å². The van der Waals surface area contributed by atoms with Crippen LogP contribution in [0, 0.1) is 0 Å². The fourth-order valence-corrected chi connectivity index (χ4v) is 3.49. The van der Waals surface area contributed by atoms with Gasteiger partial charge in [0.25, 0.3) is 5.91 Å². The molecule has 0 bridgehead atoms. The van der Waals surface area contributed by atoms with Gasteiger partial charge in [0.05, 0.1) is 18.8 Å². The molecule has 0 spiro atoms. The summed E-state index contributed by atoms with van der Waals surface area (Å²) >= 11 is 0. The molecule has 0 unspecified atom stereocenters. The number of aromatic nitrogens is 2. The molecule has 2 amide bonds. The van der Waals surface area contributed by atoms with Crippen molar-refractivity contribution in [1.29, 1.82) is 0 Å². The van der Waals surface area contributed by atoms with Crippen molar-refractivity contribution < 1.29 is 14.3 Å². The van der Waals surface area contributed by atoms with Gasteiger partial charge >= 0.3 is 0 Å². The van der Waals surface area contributed by atoms with E-state index >= 15 is 0 Å². The summed E-state index contributed by atoms with van der Waals surface area (Å²) in [6, 6.07) is 7.47. The fourth-order valence-electron chi connectivity index (χ4n) is 3.49. The minimum absolute atomic E-state index is 0.150. The Bertz CT molecular complexity index is 850. The number of likely N-dealkylation sites (N-methyl/N-ethyl adjacent to an activating group) is 1. The molecule has 30 heavy (non-hydrogen) atoms. The normalized spacial score (nSPS) is 16.8. The van der Waals surface area contributed by atoms with Crippen molar-refractivity contribution >= 4 is 11.8 Å². The Hall–Kier alpha value is -2.84. The van der Waals surface area contributed by atoms with Gasteiger partial charge in [0.15, 0.2) is 0 Å². The lowest BCUT2D eigenvalue weighted by molar-refractivity contribution is -0.134. The van der Waals surface area contributed by atoms with Crippen LogP contribution in [0.5, 0.6) is 0 Å². The van der Waals surface area contributed by atoms with E-state index in [4.69, 9.17) is 4.74 Å². The Kier molecular flexibility index (Phi) is 7.48. The quantitative estimate of drug-likeness (QED) is 0.747. The Morgan fingerprint density at radius 2 is 1.83 bits per heavy atom. The number of nitrogens with zero attached hydrogens (tertiary/aromatic N) is 4. The summed E-state index contributed by atoms with van der Waals surface area (Å²) in [7, 11) is 1.58. The number of pyridine rings is 2. The van der Waals surface area contributed by atoms with E-state index in [0.717, 1.165) is 36.5 Å². The van der Waals surface area contributed by atoms with Crippen LogP contribution in [0.25, 0.3) is 11.1 Å². The van der Waals surface area contributed by atoms with Crippen LogP contribution in [0.1, 0.15) is 36.1 Å². The highest BCUT2D eigenvalue weighted by molar-refractivity contribution is 5.92. The minimum atomic E-state index is -0.214. The first kappa shape index (κ1) is 21.9. The van der Waals surface area contributed by atoms with E-state index in [1.54, 1.807) is 25.5 Å². The monoisotopic (exact) mass is 411 g/mol. The van der Waals surface area contributed by atoms with Crippen LogP contribution in [-0.4, -0.2) is 78.0 Å². The zero-order valence-corrected chi connectivity index (χ0v) is 17.8. The van der Waals surface area contributed by atoms with Gasteiger partial charge in [0, 0.05) is 56.7 Å². The fraction of sp³-hybridized carbons (Fsp3) is 0.455. The summed E-state index contributed by atoms with van der Waals surface area (Å²) in [6.45, 7) is 7.81. The first-order chi connectivity index (χ1) is 14.5. The highest BCUT2D eigenvalue weighted by atomic mass is 16.5. The molecule has 3 heterocycles. The van der Waals surface area contributed by atoms with Crippen LogP contribution < -0.4 is 5.32 Å². The van der Waals surface area contributed by atoms with Crippen molar-refractivity contribution in [3.8, 4) is 11.1 Å². The second kappa shape index (κ2) is 10.3. The SMILES string of the molecule is CCN(CC)C(=O)CN1CCO[C@@H](c2ccc(-c3ccc(C(=O)NC)nc3)cn2)C1. The molecule has 1 saturated heterocycles. The number of nitrogens with one attached hydrogen (secondary N) is 1. The zero-order chi connectivity index (χ0) is 21.5. The maximum Gasteiger partial charge on any atom is 0.269 e. The summed E-state index contributed by atoms with van der Waals surface area (Å²) in [5.41, 5.74) is 3.02. The molecule has 3 rings (SSSR count). The molecule has 1 aliphatic heterocycles. The first-order valence-corrected chi connectivity index (χ1v) is 10.3. The van der Waals surface area contributed by atoms with E-state index in [0.29, 0.717) is 25.4 Å². The molecule has 0 radical (unpaired) electrons. The van der Waals surface area contributed by atoms with Crippen LogP contribution >= 0.6 is 0 Å². The van der Waals surface area contributed by atoms with Gasteiger partial charge in [-0.1, -0.05) is 12.1 Å². The molecule has 8 heteroatoms. The van der Waals surface area contributed by atoms with Crippen LogP contribution in [0.2, 0.25) is 0 Å². The lowest BCUT2D eigenvalue weighted by atomic mass is 10.1. The van der Waals surface area contributed by atoms with E-state index in [9.17, 15) is 9.59 Å². The molecule has 8 nitrogen and oxygen atoms in total. The average Bonchev–Trinajstić information content (AvgIpc) is 2.80. The first-order valence-electron chi connectivity index (χ1n) is 10.3. The molecule has 2 aromatic heterocycles. The summed E-state index contributed by atoms with van der Waals surface area (Å²) in [5.74, 6) is -0.0647. The average molecular weight is 412 g/mol. The van der Waals surface area contributed by atoms with E-state index in [-0.39, 0.29) is 17.9 Å². The van der Waals surface area contributed by atoms with Gasteiger partial charge in [-0.05, 0) is 26.0 Å². The van der Waals surface area contributed by atoms with E-state index in [2.05, 4.69) is 20.2 Å². The van der Waals surface area contributed by atoms with Crippen molar-refractivity contribution in [2.45, 2.75) is 20.0 Å². The molecule has 1 N–H and O–H groups in total. The molecule has 1 atom stereocenters. The smallest absolute Gasteiger partial charge is 0.269 e. The van der Waals surface area contributed by atoms with Crippen LogP contribution in [0.3, 0.4) is 0 Å². The van der Waals surface area contributed by atoms with Crippen molar-refractivity contribution in [3.05, 3.63) is 48.0 Å². The maximum absolute atomic E-state index is 12.4. The van der Waals surface area contributed by atoms with Crippen LogP contribution in [0.4, 0.5) is 0 Å². The molecule has 0 saturated carbocycles. The number of carbonyl (C=O) groups is 2. The number of hydrogen-bond donors (Lipinski definition) is 1. The summed E-state index contributed by atoms with van der Waals surface area (Å²) in [5, 5.41) is 2.56. The number of rotatable bonds is 7. The molecular formula is C22H29N5O3. The second-order valence-electron chi connectivity index (χ2n) is 7.14. The third-order valence-corrected chi connectivity index (χ3v) is 5.30. The van der Waals surface area contributed by atoms with E-state index in [1.165, 1.54) is 0 Å². The number of morpholine rings is 1. The molecule has 160 valence electrons. The number of amides is 2. The highest BCUT2D eigenvalue weighted by Crippen LogP contribution is 2.24. The third kappa shape index (κ3) is 5.20. The Labute approximate surface area is 177 Å². The highest BCUT2D eigenvalue weighted by Gasteiger charge is 2.25. The Morgan fingerprint density at radius 3 is 2.40 bits per heavy atom. The minimum Gasteiger partial charge on any atom is -0.369 e. The van der Waals surface area contributed by atoms with Gasteiger partial charge in [-0.2, -0.15) is 0 Å². The van der Waals surface area contributed by atoms with Crippen LogP contribution in [-0.2, 0) is 9.53 Å².